The maximum atomic E-state index is 5.93. The summed E-state index contributed by atoms with van der Waals surface area (Å²) in [5, 5.41) is 10.9. The van der Waals surface area contributed by atoms with E-state index in [9.17, 15) is 0 Å². The van der Waals surface area contributed by atoms with E-state index in [0.717, 1.165) is 38.4 Å². The summed E-state index contributed by atoms with van der Waals surface area (Å²) >= 11 is 9.05. The third kappa shape index (κ3) is 4.24. The van der Waals surface area contributed by atoms with Gasteiger partial charge in [0.25, 0.3) is 0 Å². The summed E-state index contributed by atoms with van der Waals surface area (Å²) in [5.41, 5.74) is 7.74. The maximum Gasteiger partial charge on any atom is 0.203 e. The van der Waals surface area contributed by atoms with Gasteiger partial charge in [0.2, 0.25) is 5.13 Å². The minimum Gasteiger partial charge on any atom is -0.252 e. The van der Waals surface area contributed by atoms with Gasteiger partial charge in [0.1, 0.15) is 5.01 Å². The van der Waals surface area contributed by atoms with Crippen LogP contribution in [0.5, 0.6) is 0 Å². The van der Waals surface area contributed by atoms with Crippen LogP contribution in [0.25, 0.3) is 21.8 Å². The van der Waals surface area contributed by atoms with Gasteiger partial charge in [-0.15, -0.1) is 22.7 Å². The molecule has 0 saturated carbocycles. The van der Waals surface area contributed by atoms with Gasteiger partial charge in [-0.1, -0.05) is 54.1 Å². The van der Waals surface area contributed by atoms with Crippen molar-refractivity contribution >= 4 is 45.1 Å². The van der Waals surface area contributed by atoms with Crippen LogP contribution in [-0.2, 0) is 0 Å². The molecule has 7 heteroatoms. The van der Waals surface area contributed by atoms with Crippen LogP contribution in [0, 0.1) is 0 Å². The molecule has 0 bridgehead atoms. The van der Waals surface area contributed by atoms with Crippen molar-refractivity contribution in [2.24, 2.45) is 5.10 Å². The highest BCUT2D eigenvalue weighted by molar-refractivity contribution is 7.14. The van der Waals surface area contributed by atoms with Crippen molar-refractivity contribution in [3.05, 3.63) is 76.1 Å². The number of benzene rings is 2. The first-order chi connectivity index (χ1) is 13.2. The smallest absolute Gasteiger partial charge is 0.203 e. The Kier molecular flexibility index (Phi) is 5.29. The van der Waals surface area contributed by atoms with E-state index in [1.54, 1.807) is 11.3 Å². The molecule has 0 aliphatic carbocycles. The van der Waals surface area contributed by atoms with E-state index in [2.05, 4.69) is 32.6 Å². The van der Waals surface area contributed by atoms with Crippen molar-refractivity contribution in [1.82, 2.24) is 9.97 Å². The Bertz CT molecular complexity index is 1070. The number of hydrogen-bond acceptors (Lipinski definition) is 6. The van der Waals surface area contributed by atoms with Crippen LogP contribution in [-0.4, -0.2) is 15.7 Å². The van der Waals surface area contributed by atoms with Crippen LogP contribution >= 0.6 is 34.3 Å². The molecule has 4 aromatic rings. The zero-order chi connectivity index (χ0) is 18.6. The topological polar surface area (TPSA) is 50.2 Å². The highest BCUT2D eigenvalue weighted by Gasteiger charge is 2.08. The molecule has 2 aromatic carbocycles. The highest BCUT2D eigenvalue weighted by Crippen LogP contribution is 2.26. The summed E-state index contributed by atoms with van der Waals surface area (Å²) in [6.45, 7) is 1.94. The molecule has 0 radical (unpaired) electrons. The SMILES string of the molecule is CC(=NNc1nc(-c2ccc(Cl)cc2)cs1)c1csc(-c2ccccc2)n1. The molecule has 4 nitrogen and oxygen atoms in total. The average Bonchev–Trinajstić information content (AvgIpc) is 3.37. The van der Waals surface area contributed by atoms with Crippen molar-refractivity contribution < 1.29 is 0 Å². The predicted octanol–water partition coefficient (Wildman–Crippen LogP) is 6.42. The molecule has 1 N–H and O–H groups in total. The van der Waals surface area contributed by atoms with E-state index in [0.29, 0.717) is 5.02 Å². The quantitative estimate of drug-likeness (QED) is 0.305. The lowest BCUT2D eigenvalue weighted by molar-refractivity contribution is 1.25. The van der Waals surface area contributed by atoms with Crippen molar-refractivity contribution in [3.8, 4) is 21.8 Å². The zero-order valence-electron chi connectivity index (χ0n) is 14.4. The molecule has 134 valence electrons. The van der Waals surface area contributed by atoms with Gasteiger partial charge in [-0.3, -0.25) is 5.43 Å². The summed E-state index contributed by atoms with van der Waals surface area (Å²) < 4.78 is 0. The number of nitrogens with zero attached hydrogens (tertiary/aromatic N) is 3. The summed E-state index contributed by atoms with van der Waals surface area (Å²) in [4.78, 5) is 9.24. The fourth-order valence-corrected chi connectivity index (χ4v) is 4.08. The number of hydrazone groups is 1. The molecule has 0 aliphatic rings. The third-order valence-corrected chi connectivity index (χ3v) is 5.75. The van der Waals surface area contributed by atoms with E-state index in [-0.39, 0.29) is 0 Å². The summed E-state index contributed by atoms with van der Waals surface area (Å²) in [6.07, 6.45) is 0. The maximum absolute atomic E-state index is 5.93. The number of hydrogen-bond donors (Lipinski definition) is 1. The second-order valence-electron chi connectivity index (χ2n) is 5.76. The Morgan fingerprint density at radius 1 is 0.926 bits per heavy atom. The van der Waals surface area contributed by atoms with Gasteiger partial charge in [-0.25, -0.2) is 9.97 Å². The molecule has 0 spiro atoms. The van der Waals surface area contributed by atoms with E-state index < -0.39 is 0 Å². The summed E-state index contributed by atoms with van der Waals surface area (Å²) in [6, 6.07) is 17.8. The first-order valence-corrected chi connectivity index (χ1v) is 10.4. The molecule has 4 rings (SSSR count). The van der Waals surface area contributed by atoms with E-state index in [1.807, 2.05) is 60.1 Å². The normalized spacial score (nSPS) is 11.6. The van der Waals surface area contributed by atoms with Crippen molar-refractivity contribution in [2.45, 2.75) is 6.92 Å². The number of nitrogens with one attached hydrogen (secondary N) is 1. The Balaban J connectivity index is 1.47. The number of halogens is 1. The molecule has 0 amide bonds. The molecular weight excluding hydrogens is 396 g/mol. The second kappa shape index (κ2) is 8.00. The van der Waals surface area contributed by atoms with Gasteiger partial charge in [0.05, 0.1) is 17.1 Å². The highest BCUT2D eigenvalue weighted by atomic mass is 35.5. The molecule has 2 heterocycles. The van der Waals surface area contributed by atoms with Crippen molar-refractivity contribution in [1.29, 1.82) is 0 Å². The van der Waals surface area contributed by atoms with Crippen molar-refractivity contribution in [2.75, 3.05) is 5.43 Å². The van der Waals surface area contributed by atoms with Crippen LogP contribution < -0.4 is 5.43 Å². The molecule has 27 heavy (non-hydrogen) atoms. The fraction of sp³-hybridized carbons (Fsp3) is 0.0500. The van der Waals surface area contributed by atoms with Gasteiger partial charge < -0.3 is 0 Å². The van der Waals surface area contributed by atoms with Crippen LogP contribution in [0.3, 0.4) is 0 Å². The first kappa shape index (κ1) is 17.9. The van der Waals surface area contributed by atoms with Crippen LogP contribution in [0.15, 0.2) is 70.5 Å². The summed E-state index contributed by atoms with van der Waals surface area (Å²) in [5.74, 6) is 0. The lowest BCUT2D eigenvalue weighted by Crippen LogP contribution is -2.00. The van der Waals surface area contributed by atoms with E-state index in [4.69, 9.17) is 11.6 Å². The molecule has 0 unspecified atom stereocenters. The standard InChI is InChI=1S/C20H15ClN4S2/c1-13(17-11-26-19(22-17)15-5-3-2-4-6-15)24-25-20-23-18(12-27-20)14-7-9-16(21)10-8-14/h2-12H,1H3,(H,23,25). The van der Waals surface area contributed by atoms with Crippen LogP contribution in [0.4, 0.5) is 5.13 Å². The van der Waals surface area contributed by atoms with Gasteiger partial charge in [0, 0.05) is 26.9 Å². The average molecular weight is 411 g/mol. The fourth-order valence-electron chi connectivity index (χ4n) is 2.42. The number of anilines is 1. The lowest BCUT2D eigenvalue weighted by Gasteiger charge is -1.98. The number of thiazole rings is 2. The van der Waals surface area contributed by atoms with Crippen LogP contribution in [0.1, 0.15) is 12.6 Å². The Labute approximate surface area is 170 Å². The molecule has 0 saturated heterocycles. The van der Waals surface area contributed by atoms with Gasteiger partial charge >= 0.3 is 0 Å². The van der Waals surface area contributed by atoms with Gasteiger partial charge in [-0.05, 0) is 19.1 Å². The Morgan fingerprint density at radius 3 is 2.48 bits per heavy atom. The monoisotopic (exact) mass is 410 g/mol. The minimum absolute atomic E-state index is 0.714. The first-order valence-electron chi connectivity index (χ1n) is 8.22. The van der Waals surface area contributed by atoms with E-state index >= 15 is 0 Å². The third-order valence-electron chi connectivity index (χ3n) is 3.86. The molecular formula is C20H15ClN4S2. The molecule has 2 aromatic heterocycles. The lowest BCUT2D eigenvalue weighted by atomic mass is 10.2. The number of aromatic nitrogens is 2. The Morgan fingerprint density at radius 2 is 1.70 bits per heavy atom. The van der Waals surface area contributed by atoms with Gasteiger partial charge in [-0.2, -0.15) is 5.10 Å². The minimum atomic E-state index is 0.714. The number of rotatable bonds is 5. The largest absolute Gasteiger partial charge is 0.252 e. The summed E-state index contributed by atoms with van der Waals surface area (Å²) in [7, 11) is 0. The zero-order valence-corrected chi connectivity index (χ0v) is 16.8. The second-order valence-corrected chi connectivity index (χ2v) is 7.91. The predicted molar refractivity (Wildman–Crippen MR) is 116 cm³/mol. The van der Waals surface area contributed by atoms with Crippen LogP contribution in [0.2, 0.25) is 5.02 Å². The van der Waals surface area contributed by atoms with Crippen molar-refractivity contribution in [3.63, 3.8) is 0 Å². The molecule has 0 atom stereocenters. The van der Waals surface area contributed by atoms with Gasteiger partial charge in [0.15, 0.2) is 0 Å². The molecule has 0 aliphatic heterocycles. The Hall–Kier alpha value is -2.54. The van der Waals surface area contributed by atoms with E-state index in [1.165, 1.54) is 11.3 Å². The molecule has 0 fully saturated rings.